The number of carbonyl (C=O) groups excluding carboxylic acids is 2. The van der Waals surface area contributed by atoms with E-state index in [9.17, 15) is 19.8 Å². The minimum atomic E-state index is -1.47. The Kier molecular flexibility index (Phi) is 1.85. The lowest BCUT2D eigenvalue weighted by Gasteiger charge is -2.53. The van der Waals surface area contributed by atoms with E-state index in [4.69, 9.17) is 14.2 Å². The van der Waals surface area contributed by atoms with Crippen molar-refractivity contribution in [2.45, 2.75) is 62.3 Å². The summed E-state index contributed by atoms with van der Waals surface area (Å²) in [5, 5.41) is 21.9. The van der Waals surface area contributed by atoms with Gasteiger partial charge in [0.2, 0.25) is 5.60 Å². The molecule has 2 bridgehead atoms. The molecule has 3 saturated heterocycles. The van der Waals surface area contributed by atoms with Gasteiger partial charge in [-0.3, -0.25) is 4.79 Å². The first-order valence-corrected chi connectivity index (χ1v) is 7.63. The van der Waals surface area contributed by atoms with Crippen LogP contribution in [-0.2, 0) is 23.8 Å². The van der Waals surface area contributed by atoms with Crippen molar-refractivity contribution < 1.29 is 34.0 Å². The van der Waals surface area contributed by atoms with Crippen LogP contribution in [0.15, 0.2) is 0 Å². The highest BCUT2D eigenvalue weighted by Crippen LogP contribution is 2.77. The number of carbonyl (C=O) groups is 2. The lowest BCUT2D eigenvalue weighted by molar-refractivity contribution is -0.223. The number of ether oxygens (including phenoxy) is 3. The molecule has 2 aliphatic carbocycles. The number of aliphatic hydroxyl groups is 2. The van der Waals surface area contributed by atoms with Gasteiger partial charge in [-0.05, 0) is 20.8 Å². The minimum absolute atomic E-state index is 0.189. The fraction of sp³-hybridized carbons (Fsp3) is 0.867. The summed E-state index contributed by atoms with van der Waals surface area (Å²) in [5.74, 6) is -2.51. The molecule has 0 radical (unpaired) electrons. The Balaban J connectivity index is 1.76. The molecule has 1 spiro atoms. The summed E-state index contributed by atoms with van der Waals surface area (Å²) in [6, 6.07) is 0. The molecule has 7 heteroatoms. The van der Waals surface area contributed by atoms with Gasteiger partial charge < -0.3 is 24.4 Å². The summed E-state index contributed by atoms with van der Waals surface area (Å²) in [5.41, 5.74) is -4.89. The fourth-order valence-corrected chi connectivity index (χ4v) is 5.83. The molecule has 2 N–H and O–H groups in total. The van der Waals surface area contributed by atoms with Crippen LogP contribution >= 0.6 is 0 Å². The maximum absolute atomic E-state index is 12.4. The van der Waals surface area contributed by atoms with E-state index in [0.717, 1.165) is 0 Å². The highest BCUT2D eigenvalue weighted by molar-refractivity contribution is 5.91. The zero-order valence-corrected chi connectivity index (χ0v) is 12.5. The molecule has 120 valence electrons. The molecule has 2 saturated carbocycles. The monoisotopic (exact) mass is 310 g/mol. The minimum Gasteiger partial charge on any atom is -0.458 e. The molecule has 7 nitrogen and oxygen atoms in total. The van der Waals surface area contributed by atoms with Crippen LogP contribution in [0.2, 0.25) is 0 Å². The van der Waals surface area contributed by atoms with Gasteiger partial charge in [0.1, 0.15) is 12.2 Å². The predicted octanol–water partition coefficient (Wildman–Crippen LogP) is -0.867. The third-order valence-electron chi connectivity index (χ3n) is 6.85. The number of epoxide rings is 1. The lowest BCUT2D eigenvalue weighted by atomic mass is 9.52. The predicted molar refractivity (Wildman–Crippen MR) is 68.3 cm³/mol. The van der Waals surface area contributed by atoms with Crippen LogP contribution in [-0.4, -0.2) is 57.3 Å². The van der Waals surface area contributed by atoms with Crippen molar-refractivity contribution in [3.05, 3.63) is 0 Å². The van der Waals surface area contributed by atoms with Gasteiger partial charge in [0.05, 0.1) is 22.5 Å². The Hall–Kier alpha value is -1.18. The van der Waals surface area contributed by atoms with Crippen LogP contribution in [0.4, 0.5) is 0 Å². The number of rotatable bonds is 1. The molecule has 0 aromatic rings. The van der Waals surface area contributed by atoms with Gasteiger partial charge in [0, 0.05) is 12.3 Å². The van der Waals surface area contributed by atoms with E-state index in [2.05, 4.69) is 0 Å². The van der Waals surface area contributed by atoms with Gasteiger partial charge in [0.25, 0.3) is 0 Å². The zero-order valence-electron chi connectivity index (χ0n) is 12.5. The van der Waals surface area contributed by atoms with Crippen LogP contribution in [0.5, 0.6) is 0 Å². The standard InChI is InChI=1S/C15H18O7/c1-12(2,18)6-7-10(16)20-8(6)9-13(3)14(7,19)4-5-15(13,22-5)11(17)21-9/h5-9,18-19H,4H2,1-3H3/t5?,6?,7?,8?,9?,13-,14+,15+/m0/s1. The summed E-state index contributed by atoms with van der Waals surface area (Å²) in [6.07, 6.45) is -1.78. The van der Waals surface area contributed by atoms with E-state index in [0.29, 0.717) is 0 Å². The molecule has 3 aliphatic heterocycles. The second-order valence-electron chi connectivity index (χ2n) is 8.06. The highest BCUT2D eigenvalue weighted by Gasteiger charge is 2.95. The summed E-state index contributed by atoms with van der Waals surface area (Å²) in [6.45, 7) is 4.92. The molecule has 3 heterocycles. The SMILES string of the molecule is CC(C)(O)C1C2OC(=O)C1[C@]1(O)CC3O[C@@]34C(=O)OC2[C@@]14C. The molecule has 5 fully saturated rings. The molecule has 8 atom stereocenters. The Morgan fingerprint density at radius 3 is 2.59 bits per heavy atom. The van der Waals surface area contributed by atoms with E-state index in [-0.39, 0.29) is 6.42 Å². The summed E-state index contributed by atoms with van der Waals surface area (Å²) >= 11 is 0. The van der Waals surface area contributed by atoms with Crippen molar-refractivity contribution in [1.29, 1.82) is 0 Å². The molecule has 5 aliphatic rings. The second-order valence-corrected chi connectivity index (χ2v) is 8.06. The number of hydrogen-bond donors (Lipinski definition) is 2. The van der Waals surface area contributed by atoms with Crippen molar-refractivity contribution in [2.75, 3.05) is 0 Å². The van der Waals surface area contributed by atoms with Gasteiger partial charge in [-0.25, -0.2) is 4.79 Å². The first kappa shape index (κ1) is 13.3. The first-order chi connectivity index (χ1) is 10.1. The van der Waals surface area contributed by atoms with E-state index >= 15 is 0 Å². The fourth-order valence-electron chi connectivity index (χ4n) is 5.83. The van der Waals surface area contributed by atoms with E-state index in [1.807, 2.05) is 0 Å². The number of esters is 2. The van der Waals surface area contributed by atoms with Gasteiger partial charge in [0.15, 0.2) is 6.10 Å². The van der Waals surface area contributed by atoms with Gasteiger partial charge in [-0.1, -0.05) is 0 Å². The maximum atomic E-state index is 12.4. The van der Waals surface area contributed by atoms with Crippen LogP contribution in [0, 0.1) is 17.3 Å². The smallest absolute Gasteiger partial charge is 0.342 e. The molecule has 0 amide bonds. The largest absolute Gasteiger partial charge is 0.458 e. The van der Waals surface area contributed by atoms with Crippen molar-refractivity contribution in [3.63, 3.8) is 0 Å². The third kappa shape index (κ3) is 0.962. The molecule has 0 aromatic heterocycles. The molecule has 5 unspecified atom stereocenters. The third-order valence-corrected chi connectivity index (χ3v) is 6.85. The Labute approximate surface area is 126 Å². The average Bonchev–Trinajstić information content (AvgIpc) is 2.85. The quantitative estimate of drug-likeness (QED) is 0.479. The van der Waals surface area contributed by atoms with Crippen LogP contribution in [0.1, 0.15) is 27.2 Å². The summed E-state index contributed by atoms with van der Waals surface area (Å²) in [7, 11) is 0. The van der Waals surface area contributed by atoms with Crippen LogP contribution in [0.25, 0.3) is 0 Å². The van der Waals surface area contributed by atoms with Gasteiger partial charge >= 0.3 is 11.9 Å². The summed E-state index contributed by atoms with van der Waals surface area (Å²) in [4.78, 5) is 24.8. The van der Waals surface area contributed by atoms with E-state index < -0.39 is 64.3 Å². The number of fused-ring (bicyclic) bond motifs is 4. The van der Waals surface area contributed by atoms with Gasteiger partial charge in [-0.15, -0.1) is 0 Å². The molecule has 22 heavy (non-hydrogen) atoms. The number of hydrogen-bond acceptors (Lipinski definition) is 7. The van der Waals surface area contributed by atoms with Gasteiger partial charge in [-0.2, -0.15) is 0 Å². The van der Waals surface area contributed by atoms with Crippen molar-refractivity contribution in [2.24, 2.45) is 17.3 Å². The molecule has 5 rings (SSSR count). The average molecular weight is 310 g/mol. The van der Waals surface area contributed by atoms with Crippen LogP contribution in [0.3, 0.4) is 0 Å². The summed E-state index contributed by atoms with van der Waals surface area (Å²) < 4.78 is 16.5. The van der Waals surface area contributed by atoms with Crippen molar-refractivity contribution >= 4 is 11.9 Å². The molecular weight excluding hydrogens is 292 g/mol. The van der Waals surface area contributed by atoms with Crippen molar-refractivity contribution in [1.82, 2.24) is 0 Å². The Bertz CT molecular complexity index is 638. The van der Waals surface area contributed by atoms with Crippen molar-refractivity contribution in [3.8, 4) is 0 Å². The van der Waals surface area contributed by atoms with Crippen LogP contribution < -0.4 is 0 Å². The Morgan fingerprint density at radius 1 is 1.27 bits per heavy atom. The maximum Gasteiger partial charge on any atom is 0.342 e. The highest BCUT2D eigenvalue weighted by atomic mass is 16.7. The van der Waals surface area contributed by atoms with E-state index in [1.165, 1.54) is 0 Å². The topological polar surface area (TPSA) is 106 Å². The molecule has 0 aromatic carbocycles. The lowest BCUT2D eigenvalue weighted by Crippen LogP contribution is -2.68. The van der Waals surface area contributed by atoms with E-state index in [1.54, 1.807) is 20.8 Å². The zero-order chi connectivity index (χ0) is 15.9. The first-order valence-electron chi connectivity index (χ1n) is 7.63. The Morgan fingerprint density at radius 2 is 1.95 bits per heavy atom. The second kappa shape index (κ2) is 3.07. The molecular formula is C15H18O7. The normalized spacial score (nSPS) is 60.7.